The highest BCUT2D eigenvalue weighted by Crippen LogP contribution is 2.32. The number of carbonyl (C=O) groups excluding carboxylic acids is 1. The van der Waals surface area contributed by atoms with Gasteiger partial charge in [-0.1, -0.05) is 0 Å². The Hall–Kier alpha value is -2.09. The molecule has 2 aliphatic rings. The van der Waals surface area contributed by atoms with Gasteiger partial charge >= 0.3 is 0 Å². The van der Waals surface area contributed by atoms with E-state index in [1.165, 1.54) is 0 Å². The van der Waals surface area contributed by atoms with Crippen LogP contribution in [-0.2, 0) is 4.79 Å². The van der Waals surface area contributed by atoms with Gasteiger partial charge in [0, 0.05) is 19.3 Å². The molecule has 2 aliphatic heterocycles. The van der Waals surface area contributed by atoms with Crippen LogP contribution >= 0.6 is 0 Å². The first-order valence-corrected chi connectivity index (χ1v) is 6.62. The SMILES string of the molecule is Cc1ccnc(N2CCC[C@H]3C(=O)NC[C@H]32)c1C#N. The molecular weight excluding hydrogens is 240 g/mol. The molecule has 0 saturated carbocycles. The van der Waals surface area contributed by atoms with Gasteiger partial charge in [-0.15, -0.1) is 0 Å². The monoisotopic (exact) mass is 256 g/mol. The standard InChI is InChI=1S/C14H16N4O/c1-9-4-5-16-13(11(9)7-15)18-6-2-3-10-12(18)8-17-14(10)19/h4-5,10,12H,2-3,6,8H2,1H3,(H,17,19)/t10-,12-/m1/s1. The number of anilines is 1. The number of nitrogens with zero attached hydrogens (tertiary/aromatic N) is 3. The minimum Gasteiger partial charge on any atom is -0.354 e. The first-order chi connectivity index (χ1) is 9.22. The highest BCUT2D eigenvalue weighted by Gasteiger charge is 2.41. The van der Waals surface area contributed by atoms with E-state index >= 15 is 0 Å². The molecule has 0 aromatic carbocycles. The second-order valence-electron chi connectivity index (χ2n) is 5.19. The van der Waals surface area contributed by atoms with E-state index in [0.717, 1.165) is 30.8 Å². The number of nitriles is 1. The van der Waals surface area contributed by atoms with Gasteiger partial charge in [-0.2, -0.15) is 5.26 Å². The summed E-state index contributed by atoms with van der Waals surface area (Å²) >= 11 is 0. The lowest BCUT2D eigenvalue weighted by Crippen LogP contribution is -2.46. The number of nitrogens with one attached hydrogen (secondary N) is 1. The Kier molecular flexibility index (Phi) is 2.86. The molecule has 0 bridgehead atoms. The molecule has 2 saturated heterocycles. The molecule has 3 heterocycles. The van der Waals surface area contributed by atoms with Crippen molar-refractivity contribution in [2.75, 3.05) is 18.0 Å². The van der Waals surface area contributed by atoms with Gasteiger partial charge in [-0.05, 0) is 31.4 Å². The zero-order valence-corrected chi connectivity index (χ0v) is 10.9. The summed E-state index contributed by atoms with van der Waals surface area (Å²) in [7, 11) is 0. The first kappa shape index (κ1) is 12.0. The number of aromatic nitrogens is 1. The van der Waals surface area contributed by atoms with Gasteiger partial charge in [-0.3, -0.25) is 4.79 Å². The summed E-state index contributed by atoms with van der Waals surface area (Å²) in [6, 6.07) is 4.23. The van der Waals surface area contributed by atoms with Crippen LogP contribution in [0, 0.1) is 24.2 Å². The normalized spacial score (nSPS) is 25.7. The Bertz CT molecular complexity index is 563. The Labute approximate surface area is 112 Å². The predicted octanol–water partition coefficient (Wildman–Crippen LogP) is 0.976. The van der Waals surface area contributed by atoms with Gasteiger partial charge in [-0.25, -0.2) is 4.98 Å². The van der Waals surface area contributed by atoms with Crippen LogP contribution < -0.4 is 10.2 Å². The number of fused-ring (bicyclic) bond motifs is 1. The van der Waals surface area contributed by atoms with E-state index in [1.54, 1.807) is 6.20 Å². The van der Waals surface area contributed by atoms with Gasteiger partial charge < -0.3 is 10.2 Å². The first-order valence-electron chi connectivity index (χ1n) is 6.62. The second kappa shape index (κ2) is 4.54. The zero-order valence-electron chi connectivity index (χ0n) is 10.9. The number of hydrogen-bond acceptors (Lipinski definition) is 4. The average molecular weight is 256 g/mol. The van der Waals surface area contributed by atoms with Crippen LogP contribution in [0.15, 0.2) is 12.3 Å². The fourth-order valence-corrected chi connectivity index (χ4v) is 3.11. The summed E-state index contributed by atoms with van der Waals surface area (Å²) in [4.78, 5) is 18.3. The highest BCUT2D eigenvalue weighted by atomic mass is 16.2. The van der Waals surface area contributed by atoms with Gasteiger partial charge in [0.25, 0.3) is 0 Å². The van der Waals surface area contributed by atoms with E-state index in [0.29, 0.717) is 12.1 Å². The summed E-state index contributed by atoms with van der Waals surface area (Å²) < 4.78 is 0. The number of carbonyl (C=O) groups is 1. The lowest BCUT2D eigenvalue weighted by atomic mass is 9.91. The summed E-state index contributed by atoms with van der Waals surface area (Å²) in [6.07, 6.45) is 3.63. The Morgan fingerprint density at radius 3 is 3.21 bits per heavy atom. The molecule has 5 nitrogen and oxygen atoms in total. The molecule has 1 amide bonds. The molecule has 0 unspecified atom stereocenters. The van der Waals surface area contributed by atoms with Gasteiger partial charge in [0.2, 0.25) is 5.91 Å². The highest BCUT2D eigenvalue weighted by molar-refractivity contribution is 5.83. The van der Waals surface area contributed by atoms with E-state index in [4.69, 9.17) is 0 Å². The molecule has 0 radical (unpaired) electrons. The summed E-state index contributed by atoms with van der Waals surface area (Å²) in [5, 5.41) is 12.2. The fourth-order valence-electron chi connectivity index (χ4n) is 3.11. The fraction of sp³-hybridized carbons (Fsp3) is 0.500. The minimum atomic E-state index is 0.0441. The number of piperidine rings is 1. The van der Waals surface area contributed by atoms with E-state index in [9.17, 15) is 10.1 Å². The molecule has 98 valence electrons. The van der Waals surface area contributed by atoms with E-state index in [2.05, 4.69) is 21.3 Å². The van der Waals surface area contributed by atoms with Crippen LogP contribution in [0.25, 0.3) is 0 Å². The van der Waals surface area contributed by atoms with Crippen molar-refractivity contribution in [2.24, 2.45) is 5.92 Å². The third-order valence-corrected chi connectivity index (χ3v) is 4.12. The lowest BCUT2D eigenvalue weighted by molar-refractivity contribution is -0.122. The maximum absolute atomic E-state index is 11.8. The third-order valence-electron chi connectivity index (χ3n) is 4.12. The van der Waals surface area contributed by atoms with E-state index < -0.39 is 0 Å². The van der Waals surface area contributed by atoms with Gasteiger partial charge in [0.05, 0.1) is 17.5 Å². The smallest absolute Gasteiger partial charge is 0.225 e. The molecular formula is C14H16N4O. The average Bonchev–Trinajstić information content (AvgIpc) is 2.80. The number of rotatable bonds is 1. The second-order valence-corrected chi connectivity index (χ2v) is 5.19. The van der Waals surface area contributed by atoms with Crippen LogP contribution in [0.1, 0.15) is 24.0 Å². The van der Waals surface area contributed by atoms with Crippen LogP contribution in [0.4, 0.5) is 5.82 Å². The van der Waals surface area contributed by atoms with Crippen molar-refractivity contribution in [1.29, 1.82) is 5.26 Å². The van der Waals surface area contributed by atoms with Crippen LogP contribution in [0.3, 0.4) is 0 Å². The molecule has 2 atom stereocenters. The quantitative estimate of drug-likeness (QED) is 0.813. The molecule has 0 spiro atoms. The number of pyridine rings is 1. The maximum Gasteiger partial charge on any atom is 0.225 e. The van der Waals surface area contributed by atoms with Crippen LogP contribution in [0.5, 0.6) is 0 Å². The molecule has 0 aliphatic carbocycles. The molecule has 2 fully saturated rings. The lowest BCUT2D eigenvalue weighted by Gasteiger charge is -2.37. The maximum atomic E-state index is 11.8. The molecule has 3 rings (SSSR count). The summed E-state index contributed by atoms with van der Waals surface area (Å²) in [5.41, 5.74) is 1.56. The summed E-state index contributed by atoms with van der Waals surface area (Å²) in [5.74, 6) is 0.914. The van der Waals surface area contributed by atoms with Crippen molar-refractivity contribution in [3.63, 3.8) is 0 Å². The molecule has 1 aromatic rings. The molecule has 19 heavy (non-hydrogen) atoms. The van der Waals surface area contributed by atoms with E-state index in [-0.39, 0.29) is 17.9 Å². The number of amides is 1. The van der Waals surface area contributed by atoms with Gasteiger partial charge in [0.15, 0.2) is 0 Å². The minimum absolute atomic E-state index is 0.0441. The number of aryl methyl sites for hydroxylation is 1. The molecule has 1 N–H and O–H groups in total. The Morgan fingerprint density at radius 2 is 2.42 bits per heavy atom. The summed E-state index contributed by atoms with van der Waals surface area (Å²) in [6.45, 7) is 3.44. The van der Waals surface area contributed by atoms with Crippen molar-refractivity contribution in [2.45, 2.75) is 25.8 Å². The number of hydrogen-bond donors (Lipinski definition) is 1. The van der Waals surface area contributed by atoms with Crippen molar-refractivity contribution in [1.82, 2.24) is 10.3 Å². The van der Waals surface area contributed by atoms with Crippen molar-refractivity contribution < 1.29 is 4.79 Å². The largest absolute Gasteiger partial charge is 0.354 e. The van der Waals surface area contributed by atoms with Crippen molar-refractivity contribution in [3.8, 4) is 6.07 Å². The Morgan fingerprint density at radius 1 is 1.58 bits per heavy atom. The van der Waals surface area contributed by atoms with Crippen molar-refractivity contribution >= 4 is 11.7 Å². The van der Waals surface area contributed by atoms with Gasteiger partial charge in [0.1, 0.15) is 11.9 Å². The Balaban J connectivity index is 2.00. The van der Waals surface area contributed by atoms with Crippen LogP contribution in [0.2, 0.25) is 0 Å². The van der Waals surface area contributed by atoms with Crippen LogP contribution in [-0.4, -0.2) is 30.0 Å². The molecule has 5 heteroatoms. The zero-order chi connectivity index (χ0) is 13.4. The predicted molar refractivity (Wildman–Crippen MR) is 70.6 cm³/mol. The van der Waals surface area contributed by atoms with E-state index in [1.807, 2.05) is 13.0 Å². The topological polar surface area (TPSA) is 69.0 Å². The third kappa shape index (κ3) is 1.84. The van der Waals surface area contributed by atoms with Crippen molar-refractivity contribution in [3.05, 3.63) is 23.4 Å². The molecule has 1 aromatic heterocycles.